The second-order valence-electron chi connectivity index (χ2n) is 4.45. The van der Waals surface area contributed by atoms with E-state index in [1.54, 1.807) is 12.1 Å². The number of carbonyl (C=O) groups excluding carboxylic acids is 1. The van der Waals surface area contributed by atoms with E-state index in [2.05, 4.69) is 0 Å². The van der Waals surface area contributed by atoms with Crippen molar-refractivity contribution in [2.24, 2.45) is 0 Å². The summed E-state index contributed by atoms with van der Waals surface area (Å²) in [6.45, 7) is -0.0329. The smallest absolute Gasteiger partial charge is 0.471 e. The van der Waals surface area contributed by atoms with Crippen LogP contribution in [0.4, 0.5) is 13.2 Å². The molecule has 4 nitrogen and oxygen atoms in total. The third kappa shape index (κ3) is 2.66. The third-order valence-electron chi connectivity index (χ3n) is 3.25. The Morgan fingerprint density at radius 3 is 2.20 bits per heavy atom. The van der Waals surface area contributed by atoms with E-state index >= 15 is 0 Å². The van der Waals surface area contributed by atoms with Crippen molar-refractivity contribution in [1.29, 1.82) is 0 Å². The molecular weight excluding hydrogens is 275 g/mol. The summed E-state index contributed by atoms with van der Waals surface area (Å²) in [6, 6.07) is 3.35. The van der Waals surface area contributed by atoms with Crippen LogP contribution in [0, 0.1) is 0 Å². The molecule has 110 valence electrons. The summed E-state index contributed by atoms with van der Waals surface area (Å²) in [5.74, 6) is -0.840. The topological polar surface area (TPSA) is 38.8 Å². The molecule has 1 aromatic carbocycles. The average Bonchev–Trinajstić information content (AvgIpc) is 2.43. The fraction of sp³-hybridized carbons (Fsp3) is 0.462. The molecule has 0 radical (unpaired) electrons. The molecule has 0 atom stereocenters. The van der Waals surface area contributed by atoms with Crippen LogP contribution in [0.5, 0.6) is 11.5 Å². The van der Waals surface area contributed by atoms with Crippen molar-refractivity contribution in [2.45, 2.75) is 19.1 Å². The SMILES string of the molecule is COc1cc2c(cc1OC)CN(C(=O)C(F)(F)F)CC2. The Balaban J connectivity index is 2.28. The minimum atomic E-state index is -4.84. The molecule has 1 aliphatic rings. The monoisotopic (exact) mass is 289 g/mol. The van der Waals surface area contributed by atoms with Crippen molar-refractivity contribution < 1.29 is 27.4 Å². The van der Waals surface area contributed by atoms with Gasteiger partial charge in [0, 0.05) is 13.1 Å². The number of hydrogen-bond donors (Lipinski definition) is 0. The van der Waals surface area contributed by atoms with Gasteiger partial charge in [-0.15, -0.1) is 0 Å². The van der Waals surface area contributed by atoms with E-state index in [0.717, 1.165) is 10.5 Å². The Hall–Kier alpha value is -1.92. The van der Waals surface area contributed by atoms with Gasteiger partial charge in [0.2, 0.25) is 0 Å². The number of ether oxygens (including phenoxy) is 2. The van der Waals surface area contributed by atoms with Gasteiger partial charge in [-0.2, -0.15) is 13.2 Å². The summed E-state index contributed by atoms with van der Waals surface area (Å²) < 4.78 is 47.6. The van der Waals surface area contributed by atoms with Crippen molar-refractivity contribution in [3.63, 3.8) is 0 Å². The fourth-order valence-corrected chi connectivity index (χ4v) is 2.24. The highest BCUT2D eigenvalue weighted by Crippen LogP contribution is 2.34. The standard InChI is InChI=1S/C13H14F3NO3/c1-19-10-5-8-3-4-17(12(18)13(14,15)16)7-9(8)6-11(10)20-2/h5-6H,3-4,7H2,1-2H3. The Labute approximate surface area is 114 Å². The largest absolute Gasteiger partial charge is 0.493 e. The van der Waals surface area contributed by atoms with Crippen LogP contribution in [0.2, 0.25) is 0 Å². The lowest BCUT2D eigenvalue weighted by atomic mass is 9.98. The van der Waals surface area contributed by atoms with Gasteiger partial charge >= 0.3 is 12.1 Å². The number of carbonyl (C=O) groups is 1. The van der Waals surface area contributed by atoms with E-state index in [1.807, 2.05) is 0 Å². The normalized spacial score (nSPS) is 14.8. The zero-order chi connectivity index (χ0) is 14.9. The summed E-state index contributed by atoms with van der Waals surface area (Å²) in [5.41, 5.74) is 1.51. The highest BCUT2D eigenvalue weighted by Gasteiger charge is 2.43. The third-order valence-corrected chi connectivity index (χ3v) is 3.25. The van der Waals surface area contributed by atoms with Crippen LogP contribution in [0.3, 0.4) is 0 Å². The van der Waals surface area contributed by atoms with Crippen LogP contribution in [0.15, 0.2) is 12.1 Å². The lowest BCUT2D eigenvalue weighted by Gasteiger charge is -2.30. The number of alkyl halides is 3. The van der Waals surface area contributed by atoms with Crippen LogP contribution in [-0.4, -0.2) is 37.7 Å². The van der Waals surface area contributed by atoms with Gasteiger partial charge in [0.25, 0.3) is 0 Å². The summed E-state index contributed by atoms with van der Waals surface area (Å²) >= 11 is 0. The van der Waals surface area contributed by atoms with Gasteiger partial charge in [0.1, 0.15) is 0 Å². The number of fused-ring (bicyclic) bond motifs is 1. The molecule has 0 spiro atoms. The summed E-state index contributed by atoms with van der Waals surface area (Å²) in [7, 11) is 2.94. The highest BCUT2D eigenvalue weighted by atomic mass is 19.4. The molecular formula is C13H14F3NO3. The summed E-state index contributed by atoms with van der Waals surface area (Å²) in [5, 5.41) is 0. The summed E-state index contributed by atoms with van der Waals surface area (Å²) in [4.78, 5) is 12.1. The Morgan fingerprint density at radius 1 is 1.15 bits per heavy atom. The molecule has 1 aromatic rings. The molecule has 0 aromatic heterocycles. The predicted molar refractivity (Wildman–Crippen MR) is 64.7 cm³/mol. The lowest BCUT2D eigenvalue weighted by molar-refractivity contribution is -0.186. The first-order valence-electron chi connectivity index (χ1n) is 5.96. The zero-order valence-corrected chi connectivity index (χ0v) is 11.1. The summed E-state index contributed by atoms with van der Waals surface area (Å²) in [6.07, 6.45) is -4.48. The molecule has 20 heavy (non-hydrogen) atoms. The Morgan fingerprint density at radius 2 is 1.70 bits per heavy atom. The van der Waals surface area contributed by atoms with Gasteiger partial charge in [-0.05, 0) is 29.7 Å². The second kappa shape index (κ2) is 5.22. The quantitative estimate of drug-likeness (QED) is 0.837. The van der Waals surface area contributed by atoms with E-state index in [1.165, 1.54) is 14.2 Å². The maximum absolute atomic E-state index is 12.4. The average molecular weight is 289 g/mol. The van der Waals surface area contributed by atoms with Crippen LogP contribution in [0.1, 0.15) is 11.1 Å². The van der Waals surface area contributed by atoms with E-state index in [9.17, 15) is 18.0 Å². The molecule has 0 unspecified atom stereocenters. The van der Waals surface area contributed by atoms with Crippen molar-refractivity contribution in [2.75, 3.05) is 20.8 Å². The lowest BCUT2D eigenvalue weighted by Crippen LogP contribution is -2.43. The predicted octanol–water partition coefficient (Wildman–Crippen LogP) is 2.15. The molecule has 7 heteroatoms. The molecule has 0 fully saturated rings. The van der Waals surface area contributed by atoms with Crippen molar-refractivity contribution in [3.05, 3.63) is 23.3 Å². The van der Waals surface area contributed by atoms with E-state index in [0.29, 0.717) is 23.5 Å². The van der Waals surface area contributed by atoms with Gasteiger partial charge < -0.3 is 14.4 Å². The van der Waals surface area contributed by atoms with Gasteiger partial charge in [0.15, 0.2) is 11.5 Å². The highest BCUT2D eigenvalue weighted by molar-refractivity contribution is 5.82. The minimum Gasteiger partial charge on any atom is -0.493 e. The van der Waals surface area contributed by atoms with Crippen LogP contribution >= 0.6 is 0 Å². The number of methoxy groups -OCH3 is 2. The first kappa shape index (κ1) is 14.5. The van der Waals surface area contributed by atoms with E-state index < -0.39 is 12.1 Å². The minimum absolute atomic E-state index is 0.0425. The van der Waals surface area contributed by atoms with Gasteiger partial charge in [-0.3, -0.25) is 4.79 Å². The molecule has 0 N–H and O–H groups in total. The van der Waals surface area contributed by atoms with Gasteiger partial charge in [-0.25, -0.2) is 0 Å². The maximum Gasteiger partial charge on any atom is 0.471 e. The Kier molecular flexibility index (Phi) is 3.78. The Bertz CT molecular complexity index is 528. The fourth-order valence-electron chi connectivity index (χ4n) is 2.24. The van der Waals surface area contributed by atoms with Crippen LogP contribution in [-0.2, 0) is 17.8 Å². The number of hydrogen-bond acceptors (Lipinski definition) is 3. The number of halogens is 3. The van der Waals surface area contributed by atoms with E-state index in [4.69, 9.17) is 9.47 Å². The van der Waals surface area contributed by atoms with Crippen molar-refractivity contribution in [1.82, 2.24) is 4.90 Å². The molecule has 0 aliphatic carbocycles. The first-order valence-corrected chi connectivity index (χ1v) is 5.96. The van der Waals surface area contributed by atoms with Crippen molar-refractivity contribution in [3.8, 4) is 11.5 Å². The zero-order valence-electron chi connectivity index (χ0n) is 11.1. The number of rotatable bonds is 2. The molecule has 1 aliphatic heterocycles. The molecule has 0 saturated carbocycles. The second-order valence-corrected chi connectivity index (χ2v) is 4.45. The van der Waals surface area contributed by atoms with Gasteiger partial charge in [-0.1, -0.05) is 0 Å². The van der Waals surface area contributed by atoms with Crippen molar-refractivity contribution >= 4 is 5.91 Å². The molecule has 0 bridgehead atoms. The van der Waals surface area contributed by atoms with E-state index in [-0.39, 0.29) is 13.1 Å². The maximum atomic E-state index is 12.4. The molecule has 0 saturated heterocycles. The molecule has 1 amide bonds. The number of amides is 1. The molecule has 1 heterocycles. The molecule has 2 rings (SSSR count). The van der Waals surface area contributed by atoms with Crippen LogP contribution in [0.25, 0.3) is 0 Å². The van der Waals surface area contributed by atoms with Crippen LogP contribution < -0.4 is 9.47 Å². The first-order chi connectivity index (χ1) is 9.36. The number of nitrogens with zero attached hydrogens (tertiary/aromatic N) is 1. The van der Waals surface area contributed by atoms with Gasteiger partial charge in [0.05, 0.1) is 14.2 Å². The number of benzene rings is 1.